The Morgan fingerprint density at radius 3 is 2.75 bits per heavy atom. The van der Waals surface area contributed by atoms with Crippen molar-refractivity contribution in [2.75, 3.05) is 26.8 Å². The SMILES string of the molecule is COCC1(C(=O)O)CCCN(C(=O)c2ccnc(OCc3ccccc3)c2)C1. The van der Waals surface area contributed by atoms with E-state index in [9.17, 15) is 14.7 Å². The molecule has 1 aromatic carbocycles. The number of likely N-dealkylation sites (tertiary alicyclic amines) is 1. The van der Waals surface area contributed by atoms with E-state index in [0.717, 1.165) is 5.56 Å². The van der Waals surface area contributed by atoms with Crippen LogP contribution in [-0.4, -0.2) is 53.7 Å². The van der Waals surface area contributed by atoms with E-state index in [4.69, 9.17) is 9.47 Å². The summed E-state index contributed by atoms with van der Waals surface area (Å²) in [5.74, 6) is -0.810. The Morgan fingerprint density at radius 2 is 2.04 bits per heavy atom. The molecule has 1 atom stereocenters. The summed E-state index contributed by atoms with van der Waals surface area (Å²) < 4.78 is 10.8. The first-order chi connectivity index (χ1) is 13.5. The quantitative estimate of drug-likeness (QED) is 0.789. The molecule has 1 N–H and O–H groups in total. The summed E-state index contributed by atoms with van der Waals surface area (Å²) in [5, 5.41) is 9.66. The summed E-state index contributed by atoms with van der Waals surface area (Å²) in [6.45, 7) is 1.07. The number of aromatic nitrogens is 1. The van der Waals surface area contributed by atoms with E-state index in [1.807, 2.05) is 30.3 Å². The molecule has 1 saturated heterocycles. The van der Waals surface area contributed by atoms with Crippen molar-refractivity contribution in [3.63, 3.8) is 0 Å². The normalized spacial score (nSPS) is 19.2. The number of hydrogen-bond acceptors (Lipinski definition) is 5. The zero-order valence-electron chi connectivity index (χ0n) is 15.8. The second-order valence-corrected chi connectivity index (χ2v) is 7.01. The van der Waals surface area contributed by atoms with Crippen molar-refractivity contribution in [2.24, 2.45) is 5.41 Å². The minimum absolute atomic E-state index is 0.0773. The van der Waals surface area contributed by atoms with Gasteiger partial charge in [0.2, 0.25) is 5.88 Å². The van der Waals surface area contributed by atoms with Crippen molar-refractivity contribution in [3.05, 3.63) is 59.8 Å². The van der Waals surface area contributed by atoms with Crippen LogP contribution in [-0.2, 0) is 16.1 Å². The third kappa shape index (κ3) is 4.48. The number of benzene rings is 1. The van der Waals surface area contributed by atoms with Crippen LogP contribution in [0, 0.1) is 5.41 Å². The second-order valence-electron chi connectivity index (χ2n) is 7.01. The molecule has 7 nitrogen and oxygen atoms in total. The van der Waals surface area contributed by atoms with Crippen LogP contribution in [0.1, 0.15) is 28.8 Å². The lowest BCUT2D eigenvalue weighted by molar-refractivity contribution is -0.155. The van der Waals surface area contributed by atoms with Gasteiger partial charge in [-0.2, -0.15) is 0 Å². The lowest BCUT2D eigenvalue weighted by atomic mass is 9.80. The Balaban J connectivity index is 1.70. The molecule has 28 heavy (non-hydrogen) atoms. The Kier molecular flexibility index (Phi) is 6.26. The number of carbonyl (C=O) groups is 2. The van der Waals surface area contributed by atoms with Gasteiger partial charge in [0.25, 0.3) is 5.91 Å². The van der Waals surface area contributed by atoms with Gasteiger partial charge in [-0.3, -0.25) is 9.59 Å². The standard InChI is InChI=1S/C21H24N2O5/c1-27-15-21(20(25)26)9-5-11-23(14-21)19(24)17-8-10-22-18(12-17)28-13-16-6-3-2-4-7-16/h2-4,6-8,10,12H,5,9,11,13-15H2,1H3,(H,25,26). The number of piperidine rings is 1. The summed E-state index contributed by atoms with van der Waals surface area (Å²) >= 11 is 0. The van der Waals surface area contributed by atoms with Gasteiger partial charge >= 0.3 is 5.97 Å². The number of ether oxygens (including phenoxy) is 2. The third-order valence-electron chi connectivity index (χ3n) is 4.95. The maximum atomic E-state index is 12.9. The van der Waals surface area contributed by atoms with E-state index >= 15 is 0 Å². The molecular weight excluding hydrogens is 360 g/mol. The Labute approximate surface area is 163 Å². The molecule has 0 bridgehead atoms. The smallest absolute Gasteiger partial charge is 0.313 e. The van der Waals surface area contributed by atoms with Crippen molar-refractivity contribution in [3.8, 4) is 5.88 Å². The first kappa shape index (κ1) is 19.8. The van der Waals surface area contributed by atoms with E-state index in [1.165, 1.54) is 13.3 Å². The fourth-order valence-electron chi connectivity index (χ4n) is 3.47. The zero-order valence-corrected chi connectivity index (χ0v) is 15.8. The number of aliphatic carboxylic acids is 1. The van der Waals surface area contributed by atoms with Gasteiger partial charge in [-0.15, -0.1) is 0 Å². The van der Waals surface area contributed by atoms with Gasteiger partial charge < -0.3 is 19.5 Å². The van der Waals surface area contributed by atoms with Crippen LogP contribution < -0.4 is 4.74 Å². The van der Waals surface area contributed by atoms with Gasteiger partial charge in [-0.25, -0.2) is 4.98 Å². The molecule has 1 aromatic heterocycles. The van der Waals surface area contributed by atoms with Crippen molar-refractivity contribution in [2.45, 2.75) is 19.4 Å². The molecule has 1 aliphatic rings. The fraction of sp³-hybridized carbons (Fsp3) is 0.381. The third-order valence-corrected chi connectivity index (χ3v) is 4.95. The molecule has 148 valence electrons. The van der Waals surface area contributed by atoms with Crippen molar-refractivity contribution in [1.29, 1.82) is 0 Å². The molecule has 1 aliphatic heterocycles. The highest BCUT2D eigenvalue weighted by atomic mass is 16.5. The number of pyridine rings is 1. The number of amides is 1. The minimum Gasteiger partial charge on any atom is -0.481 e. The Morgan fingerprint density at radius 1 is 1.25 bits per heavy atom. The molecule has 1 fully saturated rings. The number of nitrogens with zero attached hydrogens (tertiary/aromatic N) is 2. The molecule has 7 heteroatoms. The summed E-state index contributed by atoms with van der Waals surface area (Å²) in [4.78, 5) is 30.5. The highest BCUT2D eigenvalue weighted by molar-refractivity contribution is 5.95. The van der Waals surface area contributed by atoms with Crippen molar-refractivity contribution in [1.82, 2.24) is 9.88 Å². The zero-order chi connectivity index (χ0) is 20.0. The van der Waals surface area contributed by atoms with Crippen LogP contribution >= 0.6 is 0 Å². The van der Waals surface area contributed by atoms with Crippen molar-refractivity contribution < 1.29 is 24.2 Å². The van der Waals surface area contributed by atoms with Crippen LogP contribution in [0.2, 0.25) is 0 Å². The maximum absolute atomic E-state index is 12.9. The van der Waals surface area contributed by atoms with E-state index in [2.05, 4.69) is 4.98 Å². The number of carboxylic acid groups (broad SMARTS) is 1. The summed E-state index contributed by atoms with van der Waals surface area (Å²) in [6, 6.07) is 12.9. The molecule has 1 amide bonds. The molecule has 0 saturated carbocycles. The molecule has 2 heterocycles. The summed E-state index contributed by atoms with van der Waals surface area (Å²) in [6.07, 6.45) is 2.63. The van der Waals surface area contributed by atoms with Crippen LogP contribution in [0.3, 0.4) is 0 Å². The van der Waals surface area contributed by atoms with Gasteiger partial charge in [0.15, 0.2) is 0 Å². The summed E-state index contributed by atoms with van der Waals surface area (Å²) in [5.41, 5.74) is 0.363. The van der Waals surface area contributed by atoms with E-state index in [-0.39, 0.29) is 19.1 Å². The number of carboxylic acids is 1. The topological polar surface area (TPSA) is 89.0 Å². The molecular formula is C21H24N2O5. The lowest BCUT2D eigenvalue weighted by Crippen LogP contribution is -2.52. The van der Waals surface area contributed by atoms with Gasteiger partial charge in [0.1, 0.15) is 12.0 Å². The van der Waals surface area contributed by atoms with Crippen molar-refractivity contribution >= 4 is 11.9 Å². The number of carbonyl (C=O) groups excluding carboxylic acids is 1. The van der Waals surface area contributed by atoms with Gasteiger partial charge in [0, 0.05) is 38.0 Å². The van der Waals surface area contributed by atoms with Crippen LogP contribution in [0.25, 0.3) is 0 Å². The highest BCUT2D eigenvalue weighted by Crippen LogP contribution is 2.31. The van der Waals surface area contributed by atoms with Crippen LogP contribution in [0.5, 0.6) is 5.88 Å². The lowest BCUT2D eigenvalue weighted by Gasteiger charge is -2.39. The van der Waals surface area contributed by atoms with Crippen LogP contribution in [0.4, 0.5) is 0 Å². The van der Waals surface area contributed by atoms with Gasteiger partial charge in [-0.1, -0.05) is 30.3 Å². The average Bonchev–Trinajstić information content (AvgIpc) is 2.73. The monoisotopic (exact) mass is 384 g/mol. The summed E-state index contributed by atoms with van der Waals surface area (Å²) in [7, 11) is 1.48. The molecule has 1 unspecified atom stereocenters. The first-order valence-electron chi connectivity index (χ1n) is 9.18. The largest absolute Gasteiger partial charge is 0.481 e. The van der Waals surface area contributed by atoms with Crippen LogP contribution in [0.15, 0.2) is 48.7 Å². The van der Waals surface area contributed by atoms with E-state index in [1.54, 1.807) is 17.0 Å². The van der Waals surface area contributed by atoms with E-state index < -0.39 is 11.4 Å². The minimum atomic E-state index is -1.07. The molecule has 3 rings (SSSR count). The average molecular weight is 384 g/mol. The number of hydrogen-bond donors (Lipinski definition) is 1. The molecule has 2 aromatic rings. The number of rotatable bonds is 7. The molecule has 0 aliphatic carbocycles. The predicted octanol–water partition coefficient (Wildman–Crippen LogP) is 2.61. The van der Waals surface area contributed by atoms with Gasteiger partial charge in [0.05, 0.1) is 6.61 Å². The molecule has 0 spiro atoms. The van der Waals surface area contributed by atoms with E-state index in [0.29, 0.717) is 37.4 Å². The maximum Gasteiger partial charge on any atom is 0.313 e. The highest BCUT2D eigenvalue weighted by Gasteiger charge is 2.44. The Bertz CT molecular complexity index is 823. The Hall–Kier alpha value is -2.93. The number of methoxy groups -OCH3 is 1. The second kappa shape index (κ2) is 8.84. The molecule has 0 radical (unpaired) electrons. The first-order valence-corrected chi connectivity index (χ1v) is 9.18. The fourth-order valence-corrected chi connectivity index (χ4v) is 3.47. The van der Waals surface area contributed by atoms with Gasteiger partial charge in [-0.05, 0) is 24.5 Å². The predicted molar refractivity (Wildman–Crippen MR) is 102 cm³/mol.